The van der Waals surface area contributed by atoms with E-state index in [1.165, 1.54) is 19.2 Å². The van der Waals surface area contributed by atoms with Crippen LogP contribution in [0.4, 0.5) is 4.39 Å². The molecule has 0 radical (unpaired) electrons. The van der Waals surface area contributed by atoms with Gasteiger partial charge in [-0.05, 0) is 37.0 Å². The van der Waals surface area contributed by atoms with Crippen LogP contribution in [0.25, 0.3) is 0 Å². The van der Waals surface area contributed by atoms with Crippen LogP contribution in [0, 0.1) is 11.7 Å². The van der Waals surface area contributed by atoms with Gasteiger partial charge in [-0.3, -0.25) is 4.79 Å². The van der Waals surface area contributed by atoms with E-state index in [9.17, 15) is 14.3 Å². The quantitative estimate of drug-likeness (QED) is 0.684. The maximum Gasteiger partial charge on any atom is 0.306 e. The lowest BCUT2D eigenvalue weighted by atomic mass is 9.92. The molecule has 0 spiro atoms. The molecule has 4 nitrogen and oxygen atoms in total. The number of aliphatic hydroxyl groups excluding tert-OH is 1. The molecule has 0 aliphatic heterocycles. The van der Waals surface area contributed by atoms with E-state index in [1.807, 2.05) is 0 Å². The Kier molecular flexibility index (Phi) is 7.18. The Morgan fingerprint density at radius 2 is 1.95 bits per heavy atom. The number of halogens is 1. The number of carboxylic acids is 1. The topological polar surface area (TPSA) is 66.8 Å². The van der Waals surface area contributed by atoms with E-state index < -0.39 is 11.9 Å². The summed E-state index contributed by atoms with van der Waals surface area (Å²) in [5.74, 6) is -1.73. The molecule has 2 N–H and O–H groups in total. The van der Waals surface area contributed by atoms with Gasteiger partial charge in [-0.2, -0.15) is 0 Å². The third kappa shape index (κ3) is 5.27. The van der Waals surface area contributed by atoms with Gasteiger partial charge in [0.05, 0.1) is 12.0 Å². The third-order valence-corrected chi connectivity index (χ3v) is 3.33. The second-order valence-corrected chi connectivity index (χ2v) is 4.77. The molecule has 0 saturated heterocycles. The number of benzene rings is 1. The zero-order valence-corrected chi connectivity index (χ0v) is 11.6. The second kappa shape index (κ2) is 8.66. The highest BCUT2D eigenvalue weighted by Crippen LogP contribution is 2.27. The molecule has 0 aromatic heterocycles. The summed E-state index contributed by atoms with van der Waals surface area (Å²) in [6.45, 7) is 0.0675. The van der Waals surface area contributed by atoms with E-state index >= 15 is 0 Å². The fraction of sp³-hybridized carbons (Fsp3) is 0.533. The second-order valence-electron chi connectivity index (χ2n) is 4.77. The molecular formula is C15H21FO4. The number of carbonyl (C=O) groups is 1. The van der Waals surface area contributed by atoms with Gasteiger partial charge >= 0.3 is 5.97 Å². The van der Waals surface area contributed by atoms with Gasteiger partial charge in [-0.15, -0.1) is 0 Å². The Hall–Kier alpha value is -1.46. The average Bonchev–Trinajstić information content (AvgIpc) is 2.43. The summed E-state index contributed by atoms with van der Waals surface area (Å²) in [5.41, 5.74) is 0.766. The number of aliphatic carboxylic acids is 1. The Balaban J connectivity index is 2.68. The molecule has 0 aliphatic carbocycles. The summed E-state index contributed by atoms with van der Waals surface area (Å²) < 4.78 is 18.2. The molecule has 5 heteroatoms. The maximum absolute atomic E-state index is 12.9. The molecule has 0 aliphatic rings. The van der Waals surface area contributed by atoms with Crippen LogP contribution in [0.2, 0.25) is 0 Å². The van der Waals surface area contributed by atoms with Crippen molar-refractivity contribution in [1.82, 2.24) is 0 Å². The third-order valence-electron chi connectivity index (χ3n) is 3.33. The lowest BCUT2D eigenvalue weighted by Gasteiger charge is -2.20. The maximum atomic E-state index is 12.9. The molecule has 2 atom stereocenters. The SMILES string of the molecule is COC(CC(CCCCO)C(=O)O)c1ccc(F)cc1. The molecule has 0 saturated carbocycles. The Morgan fingerprint density at radius 1 is 1.30 bits per heavy atom. The van der Waals surface area contributed by atoms with Crippen LogP contribution in [-0.4, -0.2) is 29.9 Å². The van der Waals surface area contributed by atoms with E-state index in [1.54, 1.807) is 12.1 Å². The zero-order chi connectivity index (χ0) is 15.0. The van der Waals surface area contributed by atoms with E-state index in [4.69, 9.17) is 9.84 Å². The molecule has 0 fully saturated rings. The highest BCUT2D eigenvalue weighted by Gasteiger charge is 2.23. The zero-order valence-electron chi connectivity index (χ0n) is 11.6. The summed E-state index contributed by atoms with van der Waals surface area (Å²) in [7, 11) is 1.51. The van der Waals surface area contributed by atoms with Gasteiger partial charge in [-0.1, -0.05) is 18.6 Å². The molecule has 1 aromatic rings. The number of hydrogen-bond acceptors (Lipinski definition) is 3. The monoisotopic (exact) mass is 284 g/mol. The summed E-state index contributed by atoms with van der Waals surface area (Å²) in [6, 6.07) is 5.89. The summed E-state index contributed by atoms with van der Waals surface area (Å²) in [4.78, 5) is 11.3. The average molecular weight is 284 g/mol. The Labute approximate surface area is 118 Å². The van der Waals surface area contributed by atoms with Gasteiger partial charge in [0, 0.05) is 13.7 Å². The van der Waals surface area contributed by atoms with Crippen molar-refractivity contribution < 1.29 is 24.1 Å². The Bertz CT molecular complexity index is 405. The minimum Gasteiger partial charge on any atom is -0.481 e. The van der Waals surface area contributed by atoms with Crippen molar-refractivity contribution in [1.29, 1.82) is 0 Å². The molecular weight excluding hydrogens is 263 g/mol. The number of carboxylic acid groups (broad SMARTS) is 1. The minimum atomic E-state index is -0.868. The van der Waals surface area contributed by atoms with E-state index in [-0.39, 0.29) is 18.5 Å². The van der Waals surface area contributed by atoms with Crippen LogP contribution in [0.5, 0.6) is 0 Å². The summed E-state index contributed by atoms with van der Waals surface area (Å²) in [6.07, 6.45) is 1.72. The van der Waals surface area contributed by atoms with Crippen molar-refractivity contribution >= 4 is 5.97 Å². The number of hydrogen-bond donors (Lipinski definition) is 2. The number of aliphatic hydroxyl groups is 1. The van der Waals surface area contributed by atoms with Crippen molar-refractivity contribution in [2.24, 2.45) is 5.92 Å². The van der Waals surface area contributed by atoms with E-state index in [0.29, 0.717) is 25.7 Å². The molecule has 112 valence electrons. The van der Waals surface area contributed by atoms with Gasteiger partial charge in [0.2, 0.25) is 0 Å². The summed E-state index contributed by atoms with van der Waals surface area (Å²) >= 11 is 0. The van der Waals surface area contributed by atoms with Gasteiger partial charge in [-0.25, -0.2) is 4.39 Å². The molecule has 20 heavy (non-hydrogen) atoms. The van der Waals surface area contributed by atoms with Crippen molar-refractivity contribution in [2.75, 3.05) is 13.7 Å². The van der Waals surface area contributed by atoms with Crippen LogP contribution in [0.15, 0.2) is 24.3 Å². The van der Waals surface area contributed by atoms with Crippen LogP contribution in [0.3, 0.4) is 0 Å². The number of rotatable bonds is 9. The van der Waals surface area contributed by atoms with Crippen molar-refractivity contribution in [3.63, 3.8) is 0 Å². The highest BCUT2D eigenvalue weighted by molar-refractivity contribution is 5.70. The predicted octanol–water partition coefficient (Wildman–Crippen LogP) is 2.77. The van der Waals surface area contributed by atoms with Crippen molar-refractivity contribution in [2.45, 2.75) is 31.8 Å². The minimum absolute atomic E-state index is 0.0675. The Morgan fingerprint density at radius 3 is 2.45 bits per heavy atom. The molecule has 0 bridgehead atoms. The lowest BCUT2D eigenvalue weighted by Crippen LogP contribution is -2.18. The lowest BCUT2D eigenvalue weighted by molar-refractivity contribution is -0.143. The molecule has 0 heterocycles. The molecule has 1 rings (SSSR count). The first-order chi connectivity index (χ1) is 9.58. The largest absolute Gasteiger partial charge is 0.481 e. The van der Waals surface area contributed by atoms with Crippen molar-refractivity contribution in [3.05, 3.63) is 35.6 Å². The number of methoxy groups -OCH3 is 1. The first-order valence-corrected chi connectivity index (χ1v) is 6.70. The smallest absolute Gasteiger partial charge is 0.306 e. The van der Waals surface area contributed by atoms with Crippen LogP contribution in [-0.2, 0) is 9.53 Å². The first kappa shape index (κ1) is 16.6. The van der Waals surface area contributed by atoms with Gasteiger partial charge in [0.25, 0.3) is 0 Å². The number of unbranched alkanes of at least 4 members (excludes halogenated alkanes) is 1. The fourth-order valence-corrected chi connectivity index (χ4v) is 2.15. The van der Waals surface area contributed by atoms with E-state index in [2.05, 4.69) is 0 Å². The van der Waals surface area contributed by atoms with Gasteiger partial charge < -0.3 is 14.9 Å². The molecule has 2 unspecified atom stereocenters. The fourth-order valence-electron chi connectivity index (χ4n) is 2.15. The van der Waals surface area contributed by atoms with Crippen molar-refractivity contribution in [3.8, 4) is 0 Å². The van der Waals surface area contributed by atoms with Crippen LogP contribution < -0.4 is 0 Å². The normalized spacial score (nSPS) is 13.9. The van der Waals surface area contributed by atoms with Crippen LogP contribution in [0.1, 0.15) is 37.4 Å². The first-order valence-electron chi connectivity index (χ1n) is 6.70. The van der Waals surface area contributed by atoms with Crippen LogP contribution >= 0.6 is 0 Å². The van der Waals surface area contributed by atoms with E-state index in [0.717, 1.165) is 5.56 Å². The highest BCUT2D eigenvalue weighted by atomic mass is 19.1. The van der Waals surface area contributed by atoms with Gasteiger partial charge in [0.1, 0.15) is 5.82 Å². The standard InChI is InChI=1S/C15H21FO4/c1-20-14(11-5-7-13(16)8-6-11)10-12(15(18)19)4-2-3-9-17/h5-8,12,14,17H,2-4,9-10H2,1H3,(H,18,19). The predicted molar refractivity (Wildman–Crippen MR) is 72.8 cm³/mol. The molecule has 1 aromatic carbocycles. The van der Waals surface area contributed by atoms with Gasteiger partial charge in [0.15, 0.2) is 0 Å². The molecule has 0 amide bonds. The summed E-state index contributed by atoms with van der Waals surface area (Å²) in [5, 5.41) is 18.0. The number of ether oxygens (including phenoxy) is 1.